The topological polar surface area (TPSA) is 83.8 Å². The van der Waals surface area contributed by atoms with E-state index in [9.17, 15) is 14.4 Å². The van der Waals surface area contributed by atoms with Crippen molar-refractivity contribution < 1.29 is 14.4 Å². The molecule has 7 nitrogen and oxygen atoms in total. The quantitative estimate of drug-likeness (QED) is 0.522. The molecule has 4 aromatic rings. The van der Waals surface area contributed by atoms with Crippen LogP contribution in [0.5, 0.6) is 0 Å². The van der Waals surface area contributed by atoms with E-state index in [0.717, 1.165) is 21.7 Å². The second-order valence-electron chi connectivity index (χ2n) is 7.35. The first-order valence-corrected chi connectivity index (χ1v) is 9.83. The van der Waals surface area contributed by atoms with Gasteiger partial charge in [-0.3, -0.25) is 23.7 Å². The first-order chi connectivity index (χ1) is 15.0. The van der Waals surface area contributed by atoms with Crippen molar-refractivity contribution in [1.29, 1.82) is 0 Å². The van der Waals surface area contributed by atoms with E-state index < -0.39 is 17.7 Å². The molecule has 0 aliphatic carbocycles. The Morgan fingerprint density at radius 1 is 0.903 bits per heavy atom. The summed E-state index contributed by atoms with van der Waals surface area (Å²) in [5.74, 6) is -0.914. The minimum Gasteiger partial charge on any atom is -0.308 e. The van der Waals surface area contributed by atoms with E-state index >= 15 is 0 Å². The molecule has 3 heterocycles. The van der Waals surface area contributed by atoms with E-state index in [0.29, 0.717) is 22.6 Å². The number of hydrogen-bond donors (Lipinski definition) is 1. The number of benzene rings is 2. The van der Waals surface area contributed by atoms with Crippen LogP contribution in [0, 0.1) is 6.92 Å². The Hall–Kier alpha value is -4.26. The zero-order chi connectivity index (χ0) is 21.5. The number of carbonyl (C=O) groups excluding carboxylic acids is 3. The fraction of sp³-hybridized carbons (Fsp3) is 0.0833. The van der Waals surface area contributed by atoms with E-state index in [1.807, 2.05) is 55.6 Å². The van der Waals surface area contributed by atoms with Gasteiger partial charge in [0.15, 0.2) is 0 Å². The molecule has 0 radical (unpaired) electrons. The maximum absolute atomic E-state index is 12.9. The lowest BCUT2D eigenvalue weighted by Gasteiger charge is -2.14. The van der Waals surface area contributed by atoms with Crippen LogP contribution in [-0.2, 0) is 4.79 Å². The highest BCUT2D eigenvalue weighted by atomic mass is 16.2. The Kier molecular flexibility index (Phi) is 4.36. The van der Waals surface area contributed by atoms with Gasteiger partial charge in [0.1, 0.15) is 23.7 Å². The maximum atomic E-state index is 12.9. The predicted molar refractivity (Wildman–Crippen MR) is 116 cm³/mol. The second kappa shape index (κ2) is 7.21. The number of amides is 3. The van der Waals surface area contributed by atoms with Crippen molar-refractivity contribution in [3.05, 3.63) is 89.6 Å². The van der Waals surface area contributed by atoms with Gasteiger partial charge in [0.05, 0.1) is 11.1 Å². The summed E-state index contributed by atoms with van der Waals surface area (Å²) in [5.41, 5.74) is 3.77. The summed E-state index contributed by atoms with van der Waals surface area (Å²) in [6.07, 6.45) is 1.82. The zero-order valence-electron chi connectivity index (χ0n) is 16.7. The normalized spacial score (nSPS) is 13.0. The van der Waals surface area contributed by atoms with Crippen LogP contribution in [0.2, 0.25) is 0 Å². The Balaban J connectivity index is 1.48. The van der Waals surface area contributed by atoms with Gasteiger partial charge < -0.3 is 5.32 Å². The summed E-state index contributed by atoms with van der Waals surface area (Å²) in [5, 5.41) is 2.87. The number of anilines is 1. The van der Waals surface area contributed by atoms with Gasteiger partial charge >= 0.3 is 0 Å². The largest absolute Gasteiger partial charge is 0.308 e. The number of nitrogens with zero attached hydrogens (tertiary/aromatic N) is 3. The Labute approximate surface area is 177 Å². The fourth-order valence-corrected chi connectivity index (χ4v) is 3.82. The number of aryl methyl sites for hydroxylation is 1. The zero-order valence-corrected chi connectivity index (χ0v) is 16.7. The monoisotopic (exact) mass is 410 g/mol. The third kappa shape index (κ3) is 3.07. The molecule has 0 saturated carbocycles. The average molecular weight is 410 g/mol. The molecule has 2 aromatic heterocycles. The van der Waals surface area contributed by atoms with Crippen molar-refractivity contribution in [2.75, 3.05) is 11.9 Å². The number of hydrogen-bond acceptors (Lipinski definition) is 4. The van der Waals surface area contributed by atoms with Crippen LogP contribution < -0.4 is 5.32 Å². The van der Waals surface area contributed by atoms with Gasteiger partial charge in [-0.2, -0.15) is 0 Å². The number of nitrogens with one attached hydrogen (secondary N) is 1. The molecule has 0 spiro atoms. The molecule has 0 bridgehead atoms. The van der Waals surface area contributed by atoms with Gasteiger partial charge in [0.25, 0.3) is 11.8 Å². The number of rotatable bonds is 4. The minimum absolute atomic E-state index is 0.315. The molecular weight excluding hydrogens is 392 g/mol. The van der Waals surface area contributed by atoms with Crippen molar-refractivity contribution in [1.82, 2.24) is 14.3 Å². The summed E-state index contributed by atoms with van der Waals surface area (Å²) in [4.78, 5) is 43.8. The van der Waals surface area contributed by atoms with E-state index in [1.165, 1.54) is 0 Å². The van der Waals surface area contributed by atoms with Crippen LogP contribution in [0.3, 0.4) is 0 Å². The molecule has 2 aromatic carbocycles. The average Bonchev–Trinajstić information content (AvgIpc) is 3.27. The van der Waals surface area contributed by atoms with Gasteiger partial charge in [0, 0.05) is 11.8 Å². The molecule has 152 valence electrons. The van der Waals surface area contributed by atoms with Crippen LogP contribution in [0.25, 0.3) is 16.9 Å². The lowest BCUT2D eigenvalue weighted by molar-refractivity contribution is -0.116. The van der Waals surface area contributed by atoms with Crippen molar-refractivity contribution >= 4 is 29.2 Å². The molecule has 1 aliphatic rings. The van der Waals surface area contributed by atoms with E-state index in [4.69, 9.17) is 4.98 Å². The highest BCUT2D eigenvalue weighted by Gasteiger charge is 2.36. The van der Waals surface area contributed by atoms with Crippen molar-refractivity contribution in [2.24, 2.45) is 0 Å². The fourth-order valence-electron chi connectivity index (χ4n) is 3.82. The molecule has 5 rings (SSSR count). The molecule has 3 amide bonds. The number of imidazole rings is 1. The van der Waals surface area contributed by atoms with E-state index in [2.05, 4.69) is 5.32 Å². The first kappa shape index (κ1) is 18.7. The summed E-state index contributed by atoms with van der Waals surface area (Å²) >= 11 is 0. The second-order valence-corrected chi connectivity index (χ2v) is 7.35. The predicted octanol–water partition coefficient (Wildman–Crippen LogP) is 3.54. The number of imide groups is 1. The highest BCUT2D eigenvalue weighted by molar-refractivity contribution is 6.22. The van der Waals surface area contributed by atoms with Gasteiger partial charge in [-0.25, -0.2) is 4.98 Å². The summed E-state index contributed by atoms with van der Waals surface area (Å²) in [6, 6.07) is 19.9. The molecule has 31 heavy (non-hydrogen) atoms. The lowest BCUT2D eigenvalue weighted by Crippen LogP contribution is -2.37. The number of pyridine rings is 1. The summed E-state index contributed by atoms with van der Waals surface area (Å²) in [6.45, 7) is 1.57. The number of aromatic nitrogens is 2. The molecule has 0 atom stereocenters. The van der Waals surface area contributed by atoms with Crippen LogP contribution in [0.1, 0.15) is 26.3 Å². The number of fused-ring (bicyclic) bond motifs is 2. The molecule has 1 aliphatic heterocycles. The molecule has 0 fully saturated rings. The molecule has 7 heteroatoms. The summed E-state index contributed by atoms with van der Waals surface area (Å²) < 4.78 is 1.80. The van der Waals surface area contributed by atoms with Crippen molar-refractivity contribution in [3.63, 3.8) is 0 Å². The van der Waals surface area contributed by atoms with Crippen molar-refractivity contribution in [3.8, 4) is 11.3 Å². The summed E-state index contributed by atoms with van der Waals surface area (Å²) in [7, 11) is 0. The Morgan fingerprint density at radius 3 is 2.23 bits per heavy atom. The minimum atomic E-state index is -0.477. The van der Waals surface area contributed by atoms with Crippen LogP contribution in [-0.4, -0.2) is 38.6 Å². The molecular formula is C24H18N4O3. The van der Waals surface area contributed by atoms with Crippen LogP contribution in [0.15, 0.2) is 72.9 Å². The lowest BCUT2D eigenvalue weighted by atomic mass is 10.1. The third-order valence-corrected chi connectivity index (χ3v) is 5.33. The molecule has 1 N–H and O–H groups in total. The Morgan fingerprint density at radius 2 is 1.55 bits per heavy atom. The maximum Gasteiger partial charge on any atom is 0.262 e. The first-order valence-electron chi connectivity index (χ1n) is 9.83. The molecule has 0 unspecified atom stereocenters. The van der Waals surface area contributed by atoms with Gasteiger partial charge in [-0.05, 0) is 30.7 Å². The van der Waals surface area contributed by atoms with Gasteiger partial charge in [-0.15, -0.1) is 0 Å². The smallest absolute Gasteiger partial charge is 0.262 e. The molecule has 0 saturated heterocycles. The van der Waals surface area contributed by atoms with E-state index in [-0.39, 0.29) is 6.54 Å². The van der Waals surface area contributed by atoms with Crippen LogP contribution in [0.4, 0.5) is 5.82 Å². The van der Waals surface area contributed by atoms with Crippen molar-refractivity contribution in [2.45, 2.75) is 6.92 Å². The standard InChI is InChI=1S/C24H18N4O3/c1-15-8-7-13-27-21(15)26-20(16-9-3-2-4-10-16)22(27)25-19(29)14-28-23(30)17-11-5-6-12-18(17)24(28)31/h2-13H,14H2,1H3,(H,25,29). The Bertz CT molecular complexity index is 1320. The highest BCUT2D eigenvalue weighted by Crippen LogP contribution is 2.30. The van der Waals surface area contributed by atoms with Crippen LogP contribution >= 0.6 is 0 Å². The number of carbonyl (C=O) groups is 3. The van der Waals surface area contributed by atoms with Gasteiger partial charge in [-0.1, -0.05) is 48.5 Å². The SMILES string of the molecule is Cc1cccn2c(NC(=O)CN3C(=O)c4ccccc4C3=O)c(-c3ccccc3)nc12. The third-order valence-electron chi connectivity index (χ3n) is 5.33. The van der Waals surface area contributed by atoms with E-state index in [1.54, 1.807) is 28.7 Å². The van der Waals surface area contributed by atoms with Gasteiger partial charge in [0.2, 0.25) is 5.91 Å².